The first-order valence-electron chi connectivity index (χ1n) is 12.5. The summed E-state index contributed by atoms with van der Waals surface area (Å²) < 4.78 is 5.01. The SMILES string of the molecule is Cc1cccc(NC(=O)CN2CCN(Cn3nc(C4CC4)n(Cc4ccccc4)c3=S)CC2)c1C. The van der Waals surface area contributed by atoms with Gasteiger partial charge in [-0.3, -0.25) is 19.2 Å². The monoisotopic (exact) mass is 490 g/mol. The Kier molecular flexibility index (Phi) is 7.13. The van der Waals surface area contributed by atoms with E-state index in [9.17, 15) is 4.79 Å². The number of benzene rings is 2. The van der Waals surface area contributed by atoms with E-state index in [0.717, 1.165) is 54.6 Å². The van der Waals surface area contributed by atoms with Crippen LogP contribution < -0.4 is 5.32 Å². The summed E-state index contributed by atoms with van der Waals surface area (Å²) in [6.07, 6.45) is 2.40. The van der Waals surface area contributed by atoms with Gasteiger partial charge in [0, 0.05) is 37.8 Å². The zero-order valence-corrected chi connectivity index (χ0v) is 21.4. The van der Waals surface area contributed by atoms with Crippen molar-refractivity contribution in [3.05, 3.63) is 75.8 Å². The summed E-state index contributed by atoms with van der Waals surface area (Å²) in [4.78, 5) is 17.2. The predicted octanol–water partition coefficient (Wildman–Crippen LogP) is 4.17. The summed E-state index contributed by atoms with van der Waals surface area (Å²) in [5.74, 6) is 1.71. The molecule has 1 aromatic heterocycles. The minimum absolute atomic E-state index is 0.0445. The van der Waals surface area contributed by atoms with Gasteiger partial charge in [-0.2, -0.15) is 5.10 Å². The average Bonchev–Trinajstić information content (AvgIpc) is 3.66. The highest BCUT2D eigenvalue weighted by Gasteiger charge is 2.30. The van der Waals surface area contributed by atoms with Crippen LogP contribution in [0.25, 0.3) is 0 Å². The summed E-state index contributed by atoms with van der Waals surface area (Å²) >= 11 is 5.86. The Morgan fingerprint density at radius 1 is 1.00 bits per heavy atom. The van der Waals surface area contributed by atoms with Crippen LogP contribution in [-0.4, -0.2) is 62.8 Å². The average molecular weight is 491 g/mol. The van der Waals surface area contributed by atoms with Crippen LogP contribution in [0.2, 0.25) is 0 Å². The molecule has 0 bridgehead atoms. The first kappa shape index (κ1) is 23.9. The molecule has 7 nitrogen and oxygen atoms in total. The van der Waals surface area contributed by atoms with Gasteiger partial charge in [-0.05, 0) is 61.7 Å². The number of nitrogens with one attached hydrogen (secondary N) is 1. The van der Waals surface area contributed by atoms with Gasteiger partial charge in [-0.15, -0.1) is 0 Å². The Hall–Kier alpha value is -2.81. The summed E-state index contributed by atoms with van der Waals surface area (Å²) in [7, 11) is 0. The number of aryl methyl sites for hydroxylation is 1. The quantitative estimate of drug-likeness (QED) is 0.481. The van der Waals surface area contributed by atoms with Crippen LogP contribution in [0, 0.1) is 18.6 Å². The molecular formula is C27H34N6OS. The zero-order valence-electron chi connectivity index (χ0n) is 20.6. The summed E-state index contributed by atoms with van der Waals surface area (Å²) in [5.41, 5.74) is 4.46. The maximum Gasteiger partial charge on any atom is 0.238 e. The van der Waals surface area contributed by atoms with E-state index >= 15 is 0 Å². The van der Waals surface area contributed by atoms with Crippen molar-refractivity contribution in [2.75, 3.05) is 38.0 Å². The number of anilines is 1. The summed E-state index contributed by atoms with van der Waals surface area (Å²) in [6.45, 7) is 9.49. The maximum absolute atomic E-state index is 12.6. The number of carbonyl (C=O) groups excluding carboxylic acids is 1. The lowest BCUT2D eigenvalue weighted by atomic mass is 10.1. The van der Waals surface area contributed by atoms with Crippen molar-refractivity contribution in [3.8, 4) is 0 Å². The highest BCUT2D eigenvalue weighted by molar-refractivity contribution is 7.71. The lowest BCUT2D eigenvalue weighted by molar-refractivity contribution is -0.117. The number of amides is 1. The van der Waals surface area contributed by atoms with Crippen molar-refractivity contribution >= 4 is 23.8 Å². The van der Waals surface area contributed by atoms with Gasteiger partial charge < -0.3 is 5.32 Å². The van der Waals surface area contributed by atoms with Crippen molar-refractivity contribution in [3.63, 3.8) is 0 Å². The second-order valence-electron chi connectivity index (χ2n) is 9.82. The number of aromatic nitrogens is 3. The Morgan fingerprint density at radius 2 is 1.71 bits per heavy atom. The van der Waals surface area contributed by atoms with Gasteiger partial charge >= 0.3 is 0 Å². The largest absolute Gasteiger partial charge is 0.325 e. The van der Waals surface area contributed by atoms with Crippen LogP contribution in [0.5, 0.6) is 0 Å². The fourth-order valence-corrected chi connectivity index (χ4v) is 4.92. The smallest absolute Gasteiger partial charge is 0.238 e. The van der Waals surface area contributed by atoms with Gasteiger partial charge in [0.05, 0.1) is 19.8 Å². The Morgan fingerprint density at radius 3 is 2.43 bits per heavy atom. The van der Waals surface area contributed by atoms with Crippen molar-refractivity contribution in [2.24, 2.45) is 0 Å². The van der Waals surface area contributed by atoms with Crippen LogP contribution in [0.4, 0.5) is 5.69 Å². The number of rotatable bonds is 8. The summed E-state index contributed by atoms with van der Waals surface area (Å²) in [6, 6.07) is 16.5. The second kappa shape index (κ2) is 10.4. The fourth-order valence-electron chi connectivity index (χ4n) is 4.67. The number of nitrogens with zero attached hydrogens (tertiary/aromatic N) is 5. The Labute approximate surface area is 212 Å². The normalized spacial score (nSPS) is 17.0. The number of piperazine rings is 1. The molecule has 1 aliphatic heterocycles. The molecule has 3 aromatic rings. The molecule has 2 aliphatic rings. The standard InChI is InChI=1S/C27H34N6OS/c1-20-7-6-10-24(21(20)2)28-25(34)18-30-13-15-31(16-14-30)19-33-27(35)32(26(29-33)23-11-12-23)17-22-8-4-3-5-9-22/h3-10,23H,11-19H2,1-2H3,(H,28,34). The van der Waals surface area contributed by atoms with Crippen molar-refractivity contribution < 1.29 is 4.79 Å². The van der Waals surface area contributed by atoms with E-state index in [2.05, 4.69) is 56.9 Å². The van der Waals surface area contributed by atoms with Gasteiger partial charge in [0.1, 0.15) is 5.82 Å². The highest BCUT2D eigenvalue weighted by atomic mass is 32.1. The van der Waals surface area contributed by atoms with Crippen molar-refractivity contribution in [1.29, 1.82) is 0 Å². The molecule has 35 heavy (non-hydrogen) atoms. The van der Waals surface area contributed by atoms with Crippen molar-refractivity contribution in [2.45, 2.75) is 45.8 Å². The van der Waals surface area contributed by atoms with Crippen LogP contribution in [0.1, 0.15) is 41.3 Å². The highest BCUT2D eigenvalue weighted by Crippen LogP contribution is 2.39. The molecule has 0 unspecified atom stereocenters. The van der Waals surface area contributed by atoms with Crippen LogP contribution in [0.3, 0.4) is 0 Å². The van der Waals surface area contributed by atoms with Crippen LogP contribution in [0.15, 0.2) is 48.5 Å². The van der Waals surface area contributed by atoms with E-state index in [-0.39, 0.29) is 5.91 Å². The molecule has 1 saturated heterocycles. The molecule has 2 heterocycles. The van der Waals surface area contributed by atoms with Gasteiger partial charge in [-0.25, -0.2) is 4.68 Å². The van der Waals surface area contributed by atoms with E-state index in [1.807, 2.05) is 29.8 Å². The Balaban J connectivity index is 1.17. The first-order chi connectivity index (χ1) is 17.0. The molecule has 0 radical (unpaired) electrons. The molecule has 1 N–H and O–H groups in total. The second-order valence-corrected chi connectivity index (χ2v) is 10.2. The maximum atomic E-state index is 12.6. The molecule has 5 rings (SSSR count). The molecule has 0 spiro atoms. The minimum atomic E-state index is 0.0445. The van der Waals surface area contributed by atoms with E-state index in [4.69, 9.17) is 17.3 Å². The van der Waals surface area contributed by atoms with Crippen LogP contribution >= 0.6 is 12.2 Å². The predicted molar refractivity (Wildman–Crippen MR) is 141 cm³/mol. The molecule has 1 aliphatic carbocycles. The third-order valence-electron chi connectivity index (χ3n) is 7.12. The minimum Gasteiger partial charge on any atom is -0.325 e. The van der Waals surface area contributed by atoms with E-state index in [1.54, 1.807) is 0 Å². The number of hydrogen-bond donors (Lipinski definition) is 1. The molecule has 2 fully saturated rings. The molecule has 1 saturated carbocycles. The van der Waals surface area contributed by atoms with Gasteiger partial charge in [0.25, 0.3) is 0 Å². The molecule has 0 atom stereocenters. The zero-order chi connectivity index (χ0) is 24.4. The Bertz CT molecular complexity index is 1240. The van der Waals surface area contributed by atoms with Crippen LogP contribution in [-0.2, 0) is 18.0 Å². The number of carbonyl (C=O) groups is 1. The summed E-state index contributed by atoms with van der Waals surface area (Å²) in [5, 5.41) is 8.02. The van der Waals surface area contributed by atoms with Gasteiger partial charge in [0.15, 0.2) is 4.77 Å². The van der Waals surface area contributed by atoms with Crippen molar-refractivity contribution in [1.82, 2.24) is 24.1 Å². The first-order valence-corrected chi connectivity index (χ1v) is 12.9. The molecule has 1 amide bonds. The third kappa shape index (κ3) is 5.72. The molecule has 2 aromatic carbocycles. The van der Waals surface area contributed by atoms with E-state index in [0.29, 0.717) is 19.1 Å². The lowest BCUT2D eigenvalue weighted by Crippen LogP contribution is -2.49. The molecule has 8 heteroatoms. The topological polar surface area (TPSA) is 58.3 Å². The lowest BCUT2D eigenvalue weighted by Gasteiger charge is -2.34. The molecular weight excluding hydrogens is 456 g/mol. The van der Waals surface area contributed by atoms with E-state index in [1.165, 1.54) is 24.0 Å². The van der Waals surface area contributed by atoms with E-state index < -0.39 is 0 Å². The van der Waals surface area contributed by atoms with Gasteiger partial charge in [0.2, 0.25) is 5.91 Å². The molecule has 184 valence electrons. The number of hydrogen-bond acceptors (Lipinski definition) is 5. The third-order valence-corrected chi connectivity index (χ3v) is 7.55. The fraction of sp³-hybridized carbons (Fsp3) is 0.444. The van der Waals surface area contributed by atoms with Gasteiger partial charge in [-0.1, -0.05) is 42.5 Å².